The van der Waals surface area contributed by atoms with Gasteiger partial charge in [0.05, 0.1) is 32.4 Å². The number of ketones is 1. The van der Waals surface area contributed by atoms with E-state index in [-0.39, 0.29) is 30.9 Å². The molecule has 2 saturated heterocycles. The van der Waals surface area contributed by atoms with Gasteiger partial charge in [-0.3, -0.25) is 24.1 Å². The normalized spacial score (nSPS) is 22.7. The summed E-state index contributed by atoms with van der Waals surface area (Å²) in [6.07, 6.45) is 4.17. The van der Waals surface area contributed by atoms with Crippen LogP contribution in [0.2, 0.25) is 0 Å². The molecule has 3 amide bonds. The summed E-state index contributed by atoms with van der Waals surface area (Å²) in [4.78, 5) is 58.4. The molecule has 13 nitrogen and oxygen atoms in total. The number of amides is 3. The van der Waals surface area contributed by atoms with Crippen molar-refractivity contribution in [2.24, 2.45) is 0 Å². The maximum atomic E-state index is 13.7. The fourth-order valence-corrected chi connectivity index (χ4v) is 5.08. The molecule has 44 heavy (non-hydrogen) atoms. The van der Waals surface area contributed by atoms with E-state index in [4.69, 9.17) is 9.47 Å². The predicted octanol–water partition coefficient (Wildman–Crippen LogP) is 0.381. The van der Waals surface area contributed by atoms with Crippen molar-refractivity contribution in [2.75, 3.05) is 39.5 Å². The van der Waals surface area contributed by atoms with Gasteiger partial charge in [-0.05, 0) is 45.6 Å². The van der Waals surface area contributed by atoms with Crippen molar-refractivity contribution in [3.63, 3.8) is 0 Å². The van der Waals surface area contributed by atoms with Gasteiger partial charge < -0.3 is 35.3 Å². The lowest BCUT2D eigenvalue weighted by molar-refractivity contribution is -0.136. The molecule has 1 aromatic rings. The number of hydrogen-bond acceptors (Lipinski definition) is 10. The molecule has 0 spiro atoms. The zero-order valence-electron chi connectivity index (χ0n) is 24.7. The number of nitrogens with one attached hydrogen (secondary N) is 3. The molecule has 4 rings (SSSR count). The lowest BCUT2D eigenvalue weighted by Crippen LogP contribution is -2.58. The second-order valence-electron chi connectivity index (χ2n) is 11.3. The Morgan fingerprint density at radius 1 is 1.14 bits per heavy atom. The minimum atomic E-state index is -3.11. The average molecular weight is 624 g/mol. The summed E-state index contributed by atoms with van der Waals surface area (Å²) < 4.78 is 40.0. The lowest BCUT2D eigenvalue weighted by Gasteiger charge is -2.29. The smallest absolute Gasteiger partial charge is 0.388 e. The van der Waals surface area contributed by atoms with Crippen LogP contribution in [0.3, 0.4) is 0 Å². The van der Waals surface area contributed by atoms with E-state index in [1.807, 2.05) is 11.0 Å². The van der Waals surface area contributed by atoms with Crippen LogP contribution >= 0.6 is 0 Å². The minimum absolute atomic E-state index is 0.00920. The first-order valence-corrected chi connectivity index (χ1v) is 14.6. The van der Waals surface area contributed by atoms with Crippen LogP contribution in [0.4, 0.5) is 8.78 Å². The average Bonchev–Trinajstić information content (AvgIpc) is 3.53. The molecule has 1 aliphatic carbocycles. The molecular weight excluding hydrogens is 584 g/mol. The zero-order valence-corrected chi connectivity index (χ0v) is 24.7. The molecule has 15 heteroatoms. The van der Waals surface area contributed by atoms with E-state index in [9.17, 15) is 33.1 Å². The first-order valence-electron chi connectivity index (χ1n) is 14.6. The summed E-state index contributed by atoms with van der Waals surface area (Å²) in [7, 11) is 0. The predicted molar refractivity (Wildman–Crippen MR) is 150 cm³/mol. The number of nitrogens with zero attached hydrogens (tertiary/aromatic N) is 2. The van der Waals surface area contributed by atoms with Gasteiger partial charge in [0, 0.05) is 30.9 Å². The van der Waals surface area contributed by atoms with Crippen LogP contribution in [-0.4, -0.2) is 108 Å². The zero-order chi connectivity index (χ0) is 31.9. The summed E-state index contributed by atoms with van der Waals surface area (Å²) in [6, 6.07) is -1.42. The van der Waals surface area contributed by atoms with E-state index in [1.165, 1.54) is 13.0 Å². The highest BCUT2D eigenvalue weighted by atomic mass is 19.3. The third-order valence-electron chi connectivity index (χ3n) is 7.78. The molecular formula is C29H39F2N5O8. The van der Waals surface area contributed by atoms with Gasteiger partial charge in [-0.2, -0.15) is 8.78 Å². The number of allylic oxidation sites excluding steroid dienone is 1. The molecule has 3 aliphatic rings. The molecule has 0 radical (unpaired) electrons. The maximum absolute atomic E-state index is 13.7. The number of halogens is 2. The highest BCUT2D eigenvalue weighted by Crippen LogP contribution is 2.31. The number of morpholine rings is 1. The second kappa shape index (κ2) is 15.0. The van der Waals surface area contributed by atoms with E-state index in [2.05, 4.69) is 25.7 Å². The number of epoxide rings is 1. The van der Waals surface area contributed by atoms with E-state index in [0.29, 0.717) is 26.3 Å². The van der Waals surface area contributed by atoms with Crippen molar-refractivity contribution in [1.82, 2.24) is 25.8 Å². The van der Waals surface area contributed by atoms with Crippen LogP contribution in [0, 0.1) is 0 Å². The summed E-state index contributed by atoms with van der Waals surface area (Å²) in [5.74, 6) is -2.80. The Morgan fingerprint density at radius 3 is 2.45 bits per heavy atom. The fourth-order valence-electron chi connectivity index (χ4n) is 5.08. The minimum Gasteiger partial charge on any atom is -0.417 e. The van der Waals surface area contributed by atoms with Gasteiger partial charge >= 0.3 is 6.61 Å². The van der Waals surface area contributed by atoms with Gasteiger partial charge in [0.1, 0.15) is 23.8 Å². The Balaban J connectivity index is 1.49. The molecule has 2 fully saturated rings. The summed E-state index contributed by atoms with van der Waals surface area (Å²) in [5.41, 5.74) is -0.0301. The number of ether oxygens (including phenoxy) is 3. The van der Waals surface area contributed by atoms with Crippen molar-refractivity contribution in [3.05, 3.63) is 35.5 Å². The molecule has 242 valence electrons. The Hall–Kier alpha value is -3.53. The third kappa shape index (κ3) is 9.24. The van der Waals surface area contributed by atoms with Crippen molar-refractivity contribution in [2.45, 2.75) is 76.0 Å². The first-order chi connectivity index (χ1) is 20.9. The molecule has 0 bridgehead atoms. The molecule has 4 N–H and O–H groups in total. The Kier molecular flexibility index (Phi) is 11.4. The van der Waals surface area contributed by atoms with Crippen molar-refractivity contribution in [1.29, 1.82) is 0 Å². The van der Waals surface area contributed by atoms with E-state index < -0.39 is 60.0 Å². The van der Waals surface area contributed by atoms with Crippen molar-refractivity contribution < 1.29 is 47.3 Å². The van der Waals surface area contributed by atoms with Gasteiger partial charge in [0.2, 0.25) is 23.6 Å². The molecule has 0 saturated carbocycles. The quantitative estimate of drug-likeness (QED) is 0.158. The van der Waals surface area contributed by atoms with Crippen molar-refractivity contribution in [3.8, 4) is 5.88 Å². The number of rotatable bonds is 15. The molecule has 0 unspecified atom stereocenters. The van der Waals surface area contributed by atoms with Crippen LogP contribution in [0.15, 0.2) is 30.0 Å². The number of hydrogen-bond donors (Lipinski definition) is 4. The topological polar surface area (TPSA) is 172 Å². The standard InChI is InChI=1S/C29H39F2N5O8/c1-17(33-21(37)15-36-9-11-42-12-10-36)26(40)35-23(24(38)19-7-8-22(32-14-19)44-28(30)31)27(41)34-20(13-18-5-3-4-6-18)25(39)29(2)16-43-29/h5,7-8,14,17,20,23-24,28,38H,3-4,6,9-13,15-16H2,1-2H3,(H,33,37)(H,34,41)(H,35,40)/t17-,20-,23-,24+,29+/m0/s1. The van der Waals surface area contributed by atoms with Gasteiger partial charge in [-0.25, -0.2) is 4.98 Å². The Bertz CT molecular complexity index is 1220. The van der Waals surface area contributed by atoms with Crippen LogP contribution in [0.25, 0.3) is 0 Å². The van der Waals surface area contributed by atoms with Crippen molar-refractivity contribution >= 4 is 23.5 Å². The lowest BCUT2D eigenvalue weighted by atomic mass is 9.93. The summed E-state index contributed by atoms with van der Waals surface area (Å²) >= 11 is 0. The van der Waals surface area contributed by atoms with E-state index >= 15 is 0 Å². The number of aromatic nitrogens is 1. The second-order valence-corrected chi connectivity index (χ2v) is 11.3. The SMILES string of the molecule is C[C@H](NC(=O)CN1CCOCC1)C(=O)N[C@H](C(=O)N[C@@H](CC1=CCCC1)C(=O)[C@@]1(C)CO1)[C@H](O)c1ccc(OC(F)F)nc1. The summed E-state index contributed by atoms with van der Waals surface area (Å²) in [5, 5.41) is 19.0. The van der Waals surface area contributed by atoms with Crippen LogP contribution in [0.5, 0.6) is 5.88 Å². The molecule has 0 aromatic carbocycles. The van der Waals surface area contributed by atoms with Crippen LogP contribution < -0.4 is 20.7 Å². The highest BCUT2D eigenvalue weighted by Gasteiger charge is 2.50. The monoisotopic (exact) mass is 623 g/mol. The number of carbonyl (C=O) groups is 4. The number of alkyl halides is 2. The van der Waals surface area contributed by atoms with Gasteiger partial charge in [-0.15, -0.1) is 0 Å². The van der Waals surface area contributed by atoms with E-state index in [0.717, 1.165) is 37.1 Å². The number of aliphatic hydroxyl groups excluding tert-OH is 1. The summed E-state index contributed by atoms with van der Waals surface area (Å²) in [6.45, 7) is 2.32. The molecule has 2 aliphatic heterocycles. The number of carbonyl (C=O) groups excluding carboxylic acids is 4. The first kappa shape index (κ1) is 33.4. The molecule has 5 atom stereocenters. The van der Waals surface area contributed by atoms with Gasteiger partial charge in [0.15, 0.2) is 5.78 Å². The number of pyridine rings is 1. The Labute approximate surface area is 253 Å². The maximum Gasteiger partial charge on any atom is 0.388 e. The van der Waals surface area contributed by atoms with E-state index in [1.54, 1.807) is 6.92 Å². The largest absolute Gasteiger partial charge is 0.417 e. The molecule has 1 aromatic heterocycles. The van der Waals surface area contributed by atoms with Crippen LogP contribution in [0.1, 0.15) is 51.2 Å². The Morgan fingerprint density at radius 2 is 1.86 bits per heavy atom. The number of Topliss-reactive ketones (excluding diaryl/α,β-unsaturated/α-hetero) is 1. The number of aliphatic hydroxyl groups is 1. The van der Waals surface area contributed by atoms with Gasteiger partial charge in [0.25, 0.3) is 0 Å². The van der Waals surface area contributed by atoms with Gasteiger partial charge in [-0.1, -0.05) is 11.6 Å². The third-order valence-corrected chi connectivity index (χ3v) is 7.78. The molecule has 3 heterocycles. The van der Waals surface area contributed by atoms with Crippen LogP contribution in [-0.2, 0) is 28.7 Å². The fraction of sp³-hybridized carbons (Fsp3) is 0.621. The highest BCUT2D eigenvalue weighted by molar-refractivity contribution is 5.98.